The molecule has 3 fully saturated rings. The molecule has 2 aliphatic heterocycles. The quantitative estimate of drug-likeness (QED) is 0.831. The second kappa shape index (κ2) is 6.98. The van der Waals surface area contributed by atoms with Crippen molar-refractivity contribution in [2.45, 2.75) is 88.2 Å². The van der Waals surface area contributed by atoms with Gasteiger partial charge in [-0.25, -0.2) is 13.1 Å². The van der Waals surface area contributed by atoms with Gasteiger partial charge >= 0.3 is 0 Å². The topological polar surface area (TPSA) is 58.6 Å². The molecule has 134 valence electrons. The Labute approximate surface area is 141 Å². The van der Waals surface area contributed by atoms with Gasteiger partial charge in [-0.3, -0.25) is 4.90 Å². The highest BCUT2D eigenvalue weighted by Gasteiger charge is 2.42. The zero-order valence-corrected chi connectivity index (χ0v) is 15.4. The van der Waals surface area contributed by atoms with Gasteiger partial charge in [0.05, 0.1) is 17.0 Å². The van der Waals surface area contributed by atoms with E-state index in [2.05, 4.69) is 9.62 Å². The average Bonchev–Trinajstić information content (AvgIpc) is 3.07. The molecule has 1 aliphatic carbocycles. The van der Waals surface area contributed by atoms with Gasteiger partial charge < -0.3 is 4.74 Å². The standard InChI is InChI=1S/C17H32N2O3S/c1-14(2)18-23(20,21)16-7-11-19(13-16)12-15-6-10-17(22-15)8-4-3-5-9-17/h14-16,18H,3-13H2,1-2H3/t15-,16-/m0/s1. The van der Waals surface area contributed by atoms with Crippen molar-refractivity contribution in [2.24, 2.45) is 0 Å². The first kappa shape index (κ1) is 17.6. The summed E-state index contributed by atoms with van der Waals surface area (Å²) in [5.74, 6) is 0. The van der Waals surface area contributed by atoms with Gasteiger partial charge in [-0.05, 0) is 52.5 Å². The van der Waals surface area contributed by atoms with E-state index in [-0.39, 0.29) is 16.9 Å². The highest BCUT2D eigenvalue weighted by atomic mass is 32.2. The third-order valence-corrected chi connectivity index (χ3v) is 7.70. The van der Waals surface area contributed by atoms with Gasteiger partial charge in [0, 0.05) is 19.1 Å². The molecular formula is C17H32N2O3S. The lowest BCUT2D eigenvalue weighted by atomic mass is 9.83. The second-order valence-electron chi connectivity index (χ2n) is 8.01. The van der Waals surface area contributed by atoms with Crippen LogP contribution in [0.25, 0.3) is 0 Å². The summed E-state index contributed by atoms with van der Waals surface area (Å²) < 4.78 is 33.8. The van der Waals surface area contributed by atoms with Crippen molar-refractivity contribution in [3.05, 3.63) is 0 Å². The number of ether oxygens (including phenoxy) is 1. The van der Waals surface area contributed by atoms with E-state index in [0.29, 0.717) is 12.6 Å². The summed E-state index contributed by atoms with van der Waals surface area (Å²) in [5.41, 5.74) is 0.160. The average molecular weight is 345 g/mol. The molecule has 2 saturated heterocycles. The summed E-state index contributed by atoms with van der Waals surface area (Å²) in [6.45, 7) is 6.17. The van der Waals surface area contributed by atoms with Gasteiger partial charge in [-0.15, -0.1) is 0 Å². The molecule has 3 aliphatic rings. The van der Waals surface area contributed by atoms with E-state index in [4.69, 9.17) is 4.74 Å². The summed E-state index contributed by atoms with van der Waals surface area (Å²) in [7, 11) is -3.19. The van der Waals surface area contributed by atoms with E-state index in [9.17, 15) is 8.42 Å². The molecule has 0 aromatic heterocycles. The smallest absolute Gasteiger partial charge is 0.216 e. The highest BCUT2D eigenvalue weighted by Crippen LogP contribution is 2.42. The van der Waals surface area contributed by atoms with Crippen molar-refractivity contribution in [1.29, 1.82) is 0 Å². The molecule has 1 saturated carbocycles. The van der Waals surface area contributed by atoms with Crippen LogP contribution in [-0.2, 0) is 14.8 Å². The molecule has 0 aromatic carbocycles. The van der Waals surface area contributed by atoms with E-state index in [1.165, 1.54) is 38.5 Å². The predicted octanol–water partition coefficient (Wildman–Crippen LogP) is 2.27. The Morgan fingerprint density at radius 3 is 2.61 bits per heavy atom. The minimum absolute atomic E-state index is 0.0293. The van der Waals surface area contributed by atoms with Gasteiger partial charge in [-0.1, -0.05) is 19.3 Å². The fraction of sp³-hybridized carbons (Fsp3) is 1.00. The number of sulfonamides is 1. The van der Waals surface area contributed by atoms with Gasteiger partial charge in [0.2, 0.25) is 10.0 Å². The first-order valence-corrected chi connectivity index (χ1v) is 10.8. The predicted molar refractivity (Wildman–Crippen MR) is 92.0 cm³/mol. The van der Waals surface area contributed by atoms with Crippen LogP contribution >= 0.6 is 0 Å². The molecule has 2 heterocycles. The van der Waals surface area contributed by atoms with Gasteiger partial charge in [0.15, 0.2) is 0 Å². The molecule has 1 spiro atoms. The van der Waals surface area contributed by atoms with Crippen molar-refractivity contribution in [2.75, 3.05) is 19.6 Å². The van der Waals surface area contributed by atoms with Crippen molar-refractivity contribution < 1.29 is 13.2 Å². The summed E-state index contributed by atoms with van der Waals surface area (Å²) in [6.07, 6.45) is 9.77. The van der Waals surface area contributed by atoms with Crippen molar-refractivity contribution in [3.63, 3.8) is 0 Å². The monoisotopic (exact) mass is 344 g/mol. The van der Waals surface area contributed by atoms with E-state index in [1.807, 2.05) is 13.8 Å². The van der Waals surface area contributed by atoms with E-state index >= 15 is 0 Å². The molecule has 6 heteroatoms. The summed E-state index contributed by atoms with van der Waals surface area (Å²) >= 11 is 0. The maximum absolute atomic E-state index is 12.3. The van der Waals surface area contributed by atoms with Crippen molar-refractivity contribution in [1.82, 2.24) is 9.62 Å². The lowest BCUT2D eigenvalue weighted by Gasteiger charge is -2.34. The van der Waals surface area contributed by atoms with Gasteiger partial charge in [0.25, 0.3) is 0 Å². The fourth-order valence-corrected chi connectivity index (χ4v) is 6.19. The zero-order chi connectivity index (χ0) is 16.5. The van der Waals surface area contributed by atoms with Crippen LogP contribution in [0, 0.1) is 0 Å². The van der Waals surface area contributed by atoms with E-state index in [0.717, 1.165) is 25.9 Å². The van der Waals surface area contributed by atoms with E-state index in [1.54, 1.807) is 0 Å². The molecule has 2 atom stereocenters. The lowest BCUT2D eigenvalue weighted by molar-refractivity contribution is -0.0703. The minimum Gasteiger partial charge on any atom is -0.370 e. The number of nitrogens with one attached hydrogen (secondary N) is 1. The molecule has 0 amide bonds. The molecular weight excluding hydrogens is 312 g/mol. The third kappa shape index (κ3) is 4.27. The third-order valence-electron chi connectivity index (χ3n) is 5.63. The Morgan fingerprint density at radius 1 is 1.17 bits per heavy atom. The minimum atomic E-state index is -3.19. The Morgan fingerprint density at radius 2 is 1.91 bits per heavy atom. The first-order valence-electron chi connectivity index (χ1n) is 9.30. The van der Waals surface area contributed by atoms with Crippen molar-refractivity contribution >= 4 is 10.0 Å². The maximum Gasteiger partial charge on any atom is 0.216 e. The zero-order valence-electron chi connectivity index (χ0n) is 14.6. The Balaban J connectivity index is 1.49. The molecule has 3 rings (SSSR count). The molecule has 0 bridgehead atoms. The van der Waals surface area contributed by atoms with Crippen LogP contribution in [-0.4, -0.2) is 55.9 Å². The van der Waals surface area contributed by atoms with Gasteiger partial charge in [-0.2, -0.15) is 0 Å². The Hall–Kier alpha value is -0.170. The molecule has 0 unspecified atom stereocenters. The number of rotatable bonds is 5. The lowest BCUT2D eigenvalue weighted by Crippen LogP contribution is -2.41. The summed E-state index contributed by atoms with van der Waals surface area (Å²) in [6, 6.07) is -0.0293. The van der Waals surface area contributed by atoms with Crippen LogP contribution in [0.2, 0.25) is 0 Å². The number of hydrogen-bond acceptors (Lipinski definition) is 4. The number of likely N-dealkylation sites (tertiary alicyclic amines) is 1. The Bertz CT molecular complexity index is 500. The summed E-state index contributed by atoms with van der Waals surface area (Å²) in [5, 5.41) is -0.269. The van der Waals surface area contributed by atoms with Crippen LogP contribution in [0.5, 0.6) is 0 Å². The van der Waals surface area contributed by atoms with Gasteiger partial charge in [0.1, 0.15) is 0 Å². The SMILES string of the molecule is CC(C)NS(=O)(=O)[C@H]1CCN(C[C@@H]2CCC3(CCCCC3)O2)C1. The molecule has 23 heavy (non-hydrogen) atoms. The van der Waals surface area contributed by atoms with Crippen LogP contribution < -0.4 is 4.72 Å². The van der Waals surface area contributed by atoms with Crippen LogP contribution in [0.4, 0.5) is 0 Å². The molecule has 5 nitrogen and oxygen atoms in total. The van der Waals surface area contributed by atoms with Crippen LogP contribution in [0.1, 0.15) is 65.2 Å². The molecule has 0 radical (unpaired) electrons. The second-order valence-corrected chi connectivity index (χ2v) is 10.0. The van der Waals surface area contributed by atoms with E-state index < -0.39 is 10.0 Å². The normalized spacial score (nSPS) is 32.1. The number of nitrogens with zero attached hydrogens (tertiary/aromatic N) is 1. The largest absolute Gasteiger partial charge is 0.370 e. The van der Waals surface area contributed by atoms with Crippen LogP contribution in [0.15, 0.2) is 0 Å². The van der Waals surface area contributed by atoms with Crippen molar-refractivity contribution in [3.8, 4) is 0 Å². The van der Waals surface area contributed by atoms with Crippen LogP contribution in [0.3, 0.4) is 0 Å². The first-order chi connectivity index (χ1) is 10.9. The fourth-order valence-electron chi connectivity index (χ4n) is 4.52. The number of hydrogen-bond donors (Lipinski definition) is 1. The molecule has 0 aromatic rings. The highest BCUT2D eigenvalue weighted by molar-refractivity contribution is 7.90. The Kier molecular flexibility index (Phi) is 5.36. The summed E-state index contributed by atoms with van der Waals surface area (Å²) in [4.78, 5) is 2.29. The molecule has 1 N–H and O–H groups in total. The maximum atomic E-state index is 12.3.